The van der Waals surface area contributed by atoms with Gasteiger partial charge in [0.15, 0.2) is 0 Å². The first kappa shape index (κ1) is 14.0. The average Bonchev–Trinajstić information content (AvgIpc) is 2.69. The van der Waals surface area contributed by atoms with E-state index < -0.39 is 5.97 Å². The van der Waals surface area contributed by atoms with Gasteiger partial charge in [-0.3, -0.25) is 9.48 Å². The summed E-state index contributed by atoms with van der Waals surface area (Å²) in [6.07, 6.45) is 3.53. The van der Waals surface area contributed by atoms with Crippen LogP contribution < -0.4 is 10.6 Å². The Kier molecular flexibility index (Phi) is 5.16. The Balaban J connectivity index is 2.19. The second-order valence-corrected chi connectivity index (χ2v) is 4.29. The summed E-state index contributed by atoms with van der Waals surface area (Å²) < 4.78 is 1.66. The van der Waals surface area contributed by atoms with E-state index in [4.69, 9.17) is 5.11 Å². The van der Waals surface area contributed by atoms with E-state index in [-0.39, 0.29) is 18.4 Å². The topological polar surface area (TPSA) is 96.3 Å². The van der Waals surface area contributed by atoms with E-state index >= 15 is 0 Å². The molecule has 18 heavy (non-hydrogen) atoms. The highest BCUT2D eigenvalue weighted by atomic mass is 16.4. The number of nitrogens with zero attached hydrogens (tertiary/aromatic N) is 2. The lowest BCUT2D eigenvalue weighted by molar-refractivity contribution is -0.137. The molecule has 1 aromatic rings. The number of aryl methyl sites for hydroxylation is 1. The van der Waals surface area contributed by atoms with E-state index in [1.807, 2.05) is 6.20 Å². The molecule has 1 atom stereocenters. The predicted octanol–water partition coefficient (Wildman–Crippen LogP) is 0.330. The second kappa shape index (κ2) is 6.63. The predicted molar refractivity (Wildman–Crippen MR) is 64.9 cm³/mol. The highest BCUT2D eigenvalue weighted by Gasteiger charge is 2.09. The summed E-state index contributed by atoms with van der Waals surface area (Å²) in [6.45, 7) is 2.51. The molecule has 1 aromatic heterocycles. The Hall–Kier alpha value is -2.05. The van der Waals surface area contributed by atoms with Crippen molar-refractivity contribution in [3.05, 3.63) is 18.0 Å². The minimum absolute atomic E-state index is 0.0445. The summed E-state index contributed by atoms with van der Waals surface area (Å²) in [6, 6.07) is -0.309. The first-order chi connectivity index (χ1) is 8.47. The summed E-state index contributed by atoms with van der Waals surface area (Å²) in [5.74, 6) is -0.952. The molecule has 2 amide bonds. The van der Waals surface area contributed by atoms with Crippen LogP contribution in [0.3, 0.4) is 0 Å². The van der Waals surface area contributed by atoms with Crippen LogP contribution in [0.15, 0.2) is 12.4 Å². The first-order valence-electron chi connectivity index (χ1n) is 5.68. The number of nitrogens with one attached hydrogen (secondary N) is 2. The summed E-state index contributed by atoms with van der Waals surface area (Å²) in [5.41, 5.74) is 0.909. The maximum absolute atomic E-state index is 11.4. The standard InChI is InChI=1S/C11H18N4O3/c1-8(3-10(16)17)4-12-11(18)13-5-9-6-14-15(2)7-9/h6-8H,3-5H2,1-2H3,(H,16,17)(H2,12,13,18). The molecule has 0 saturated heterocycles. The van der Waals surface area contributed by atoms with Gasteiger partial charge in [0.05, 0.1) is 6.20 Å². The largest absolute Gasteiger partial charge is 0.481 e. The fourth-order valence-corrected chi connectivity index (χ4v) is 1.45. The van der Waals surface area contributed by atoms with Crippen molar-refractivity contribution >= 4 is 12.0 Å². The van der Waals surface area contributed by atoms with Gasteiger partial charge in [0.1, 0.15) is 0 Å². The lowest BCUT2D eigenvalue weighted by atomic mass is 10.1. The van der Waals surface area contributed by atoms with Crippen LogP contribution in [0.25, 0.3) is 0 Å². The number of carboxylic acids is 1. The molecule has 0 aromatic carbocycles. The molecule has 0 aliphatic carbocycles. The van der Waals surface area contributed by atoms with Crippen LogP contribution in [-0.4, -0.2) is 33.4 Å². The summed E-state index contributed by atoms with van der Waals surface area (Å²) in [5, 5.41) is 17.8. The van der Waals surface area contributed by atoms with Gasteiger partial charge in [-0.15, -0.1) is 0 Å². The Labute approximate surface area is 105 Å². The molecule has 0 aliphatic heterocycles. The average molecular weight is 254 g/mol. The smallest absolute Gasteiger partial charge is 0.315 e. The number of aromatic nitrogens is 2. The van der Waals surface area contributed by atoms with Crippen molar-refractivity contribution in [3.8, 4) is 0 Å². The van der Waals surface area contributed by atoms with Crippen molar-refractivity contribution in [2.75, 3.05) is 6.54 Å². The van der Waals surface area contributed by atoms with Gasteiger partial charge in [-0.1, -0.05) is 6.92 Å². The van der Waals surface area contributed by atoms with E-state index in [1.165, 1.54) is 0 Å². The molecule has 0 aliphatic rings. The quantitative estimate of drug-likeness (QED) is 0.681. The van der Waals surface area contributed by atoms with Crippen LogP contribution >= 0.6 is 0 Å². The number of amides is 2. The zero-order chi connectivity index (χ0) is 13.5. The Bertz CT molecular complexity index is 416. The summed E-state index contributed by atoms with van der Waals surface area (Å²) >= 11 is 0. The van der Waals surface area contributed by atoms with Crippen LogP contribution in [0.4, 0.5) is 4.79 Å². The van der Waals surface area contributed by atoms with Crippen molar-refractivity contribution in [1.29, 1.82) is 0 Å². The fourth-order valence-electron chi connectivity index (χ4n) is 1.45. The van der Waals surface area contributed by atoms with Crippen LogP contribution in [0.5, 0.6) is 0 Å². The van der Waals surface area contributed by atoms with Crippen molar-refractivity contribution < 1.29 is 14.7 Å². The number of hydrogen-bond acceptors (Lipinski definition) is 3. The van der Waals surface area contributed by atoms with Crippen LogP contribution in [-0.2, 0) is 18.4 Å². The Morgan fingerprint density at radius 1 is 1.50 bits per heavy atom. The molecule has 0 fully saturated rings. The third-order valence-corrected chi connectivity index (χ3v) is 2.35. The molecule has 0 spiro atoms. The molecule has 1 heterocycles. The molecular formula is C11H18N4O3. The lowest BCUT2D eigenvalue weighted by Crippen LogP contribution is -2.37. The summed E-state index contributed by atoms with van der Waals surface area (Å²) in [7, 11) is 1.80. The summed E-state index contributed by atoms with van der Waals surface area (Å²) in [4.78, 5) is 21.8. The van der Waals surface area contributed by atoms with Gasteiger partial charge in [0, 0.05) is 38.3 Å². The van der Waals surface area contributed by atoms with Crippen molar-refractivity contribution in [2.24, 2.45) is 13.0 Å². The fraction of sp³-hybridized carbons (Fsp3) is 0.545. The maximum Gasteiger partial charge on any atom is 0.315 e. The van der Waals surface area contributed by atoms with Crippen molar-refractivity contribution in [3.63, 3.8) is 0 Å². The molecule has 0 bridgehead atoms. The maximum atomic E-state index is 11.4. The van der Waals surface area contributed by atoms with Gasteiger partial charge >= 0.3 is 12.0 Å². The molecule has 0 radical (unpaired) electrons. The van der Waals surface area contributed by atoms with Gasteiger partial charge in [0.2, 0.25) is 0 Å². The van der Waals surface area contributed by atoms with Crippen molar-refractivity contribution in [2.45, 2.75) is 19.9 Å². The van der Waals surface area contributed by atoms with E-state index in [0.717, 1.165) is 5.56 Å². The molecular weight excluding hydrogens is 236 g/mol. The molecule has 1 unspecified atom stereocenters. The third-order valence-electron chi connectivity index (χ3n) is 2.35. The highest BCUT2D eigenvalue weighted by Crippen LogP contribution is 1.99. The van der Waals surface area contributed by atoms with Crippen LogP contribution in [0.1, 0.15) is 18.9 Å². The van der Waals surface area contributed by atoms with E-state index in [0.29, 0.717) is 13.1 Å². The number of carboxylic acid groups (broad SMARTS) is 1. The monoisotopic (exact) mass is 254 g/mol. The third kappa shape index (κ3) is 5.33. The molecule has 100 valence electrons. The normalized spacial score (nSPS) is 11.9. The van der Waals surface area contributed by atoms with Crippen LogP contribution in [0, 0.1) is 5.92 Å². The number of urea groups is 1. The Morgan fingerprint density at radius 2 is 2.22 bits per heavy atom. The second-order valence-electron chi connectivity index (χ2n) is 4.29. The molecule has 3 N–H and O–H groups in total. The first-order valence-corrected chi connectivity index (χ1v) is 5.68. The van der Waals surface area contributed by atoms with Crippen molar-refractivity contribution in [1.82, 2.24) is 20.4 Å². The SMILES string of the molecule is CC(CNC(=O)NCc1cnn(C)c1)CC(=O)O. The number of rotatable bonds is 6. The van der Waals surface area contributed by atoms with Gasteiger partial charge in [0.25, 0.3) is 0 Å². The van der Waals surface area contributed by atoms with E-state index in [1.54, 1.807) is 24.9 Å². The number of carbonyl (C=O) groups excluding carboxylic acids is 1. The minimum Gasteiger partial charge on any atom is -0.481 e. The zero-order valence-corrected chi connectivity index (χ0v) is 10.5. The van der Waals surface area contributed by atoms with Gasteiger partial charge in [-0.2, -0.15) is 5.10 Å². The van der Waals surface area contributed by atoms with Gasteiger partial charge in [-0.05, 0) is 5.92 Å². The molecule has 1 rings (SSSR count). The Morgan fingerprint density at radius 3 is 2.78 bits per heavy atom. The zero-order valence-electron chi connectivity index (χ0n) is 10.5. The molecule has 7 heteroatoms. The van der Waals surface area contributed by atoms with Gasteiger partial charge < -0.3 is 15.7 Å². The lowest BCUT2D eigenvalue weighted by Gasteiger charge is -2.10. The van der Waals surface area contributed by atoms with Gasteiger partial charge in [-0.25, -0.2) is 4.79 Å². The van der Waals surface area contributed by atoms with E-state index in [2.05, 4.69) is 15.7 Å². The number of carbonyl (C=O) groups is 2. The van der Waals surface area contributed by atoms with Crippen LogP contribution in [0.2, 0.25) is 0 Å². The number of aliphatic carboxylic acids is 1. The highest BCUT2D eigenvalue weighted by molar-refractivity contribution is 5.74. The minimum atomic E-state index is -0.861. The number of hydrogen-bond donors (Lipinski definition) is 3. The van der Waals surface area contributed by atoms with E-state index in [9.17, 15) is 9.59 Å². The molecule has 0 saturated carbocycles. The molecule has 7 nitrogen and oxygen atoms in total.